The van der Waals surface area contributed by atoms with Crippen molar-refractivity contribution < 1.29 is 4.79 Å². The van der Waals surface area contributed by atoms with Crippen LogP contribution in [0.5, 0.6) is 0 Å². The third-order valence-electron chi connectivity index (χ3n) is 5.74. The third kappa shape index (κ3) is 5.62. The quantitative estimate of drug-likeness (QED) is 0.452. The van der Waals surface area contributed by atoms with Gasteiger partial charge in [0, 0.05) is 37.7 Å². The van der Waals surface area contributed by atoms with E-state index in [1.165, 1.54) is 11.3 Å². The molecule has 0 saturated carbocycles. The minimum absolute atomic E-state index is 0.121. The van der Waals surface area contributed by atoms with Gasteiger partial charge in [0.15, 0.2) is 5.13 Å². The first-order chi connectivity index (χ1) is 15.5. The van der Waals surface area contributed by atoms with Crippen LogP contribution in [0.15, 0.2) is 53.9 Å². The molecule has 1 aromatic heterocycles. The van der Waals surface area contributed by atoms with Crippen LogP contribution in [0.3, 0.4) is 0 Å². The predicted octanol–water partition coefficient (Wildman–Crippen LogP) is 5.86. The first-order valence-corrected chi connectivity index (χ1v) is 12.3. The van der Waals surface area contributed by atoms with Gasteiger partial charge in [-0.25, -0.2) is 4.98 Å². The number of halogens is 2. The van der Waals surface area contributed by atoms with Crippen molar-refractivity contribution in [2.75, 3.05) is 31.6 Å². The van der Waals surface area contributed by atoms with Gasteiger partial charge in [-0.15, -0.1) is 11.3 Å². The molecule has 1 amide bonds. The van der Waals surface area contributed by atoms with E-state index >= 15 is 0 Å². The van der Waals surface area contributed by atoms with Gasteiger partial charge in [-0.1, -0.05) is 53.5 Å². The normalized spacial score (nSPS) is 16.7. The molecule has 0 bridgehead atoms. The van der Waals surface area contributed by atoms with Gasteiger partial charge in [0.2, 0.25) is 0 Å². The standard InChI is InChI=1S/C24H26Cl2N4OS/c1-29(19-9-3-2-4-10-19)24-28-21(16-32-24)23(31)27-13-17-7-6-12-30(14-17)15-18-8-5-11-20(25)22(18)26/h2-5,8-11,16-17H,6-7,12-15H2,1H3,(H,27,31)/t17-/m0/s1. The molecule has 0 spiro atoms. The molecule has 5 nitrogen and oxygen atoms in total. The average Bonchev–Trinajstić information content (AvgIpc) is 3.31. The molecule has 1 aliphatic heterocycles. The summed E-state index contributed by atoms with van der Waals surface area (Å²) in [5.74, 6) is 0.278. The highest BCUT2D eigenvalue weighted by molar-refractivity contribution is 7.14. The van der Waals surface area contributed by atoms with Crippen molar-refractivity contribution in [3.63, 3.8) is 0 Å². The predicted molar refractivity (Wildman–Crippen MR) is 133 cm³/mol. The zero-order valence-electron chi connectivity index (χ0n) is 17.9. The number of para-hydroxylation sites is 1. The van der Waals surface area contributed by atoms with Gasteiger partial charge in [-0.05, 0) is 49.1 Å². The summed E-state index contributed by atoms with van der Waals surface area (Å²) in [6.07, 6.45) is 2.19. The molecular formula is C24H26Cl2N4OS. The molecule has 4 rings (SSSR count). The Labute approximate surface area is 203 Å². The van der Waals surface area contributed by atoms with Crippen molar-refractivity contribution in [3.8, 4) is 0 Å². The summed E-state index contributed by atoms with van der Waals surface area (Å²) in [6, 6.07) is 15.8. The maximum Gasteiger partial charge on any atom is 0.270 e. The molecule has 2 aromatic carbocycles. The number of carbonyl (C=O) groups is 1. The van der Waals surface area contributed by atoms with Crippen LogP contribution in [-0.2, 0) is 6.54 Å². The van der Waals surface area contributed by atoms with E-state index in [-0.39, 0.29) is 5.91 Å². The molecule has 1 N–H and O–H groups in total. The average molecular weight is 489 g/mol. The van der Waals surface area contributed by atoms with Gasteiger partial charge in [-0.2, -0.15) is 0 Å². The molecule has 1 aliphatic rings. The number of likely N-dealkylation sites (tertiary alicyclic amines) is 1. The summed E-state index contributed by atoms with van der Waals surface area (Å²) in [6.45, 7) is 3.35. The fourth-order valence-electron chi connectivity index (χ4n) is 3.99. The molecule has 2 heterocycles. The summed E-state index contributed by atoms with van der Waals surface area (Å²) >= 11 is 14.0. The van der Waals surface area contributed by atoms with E-state index in [0.717, 1.165) is 48.9 Å². The lowest BCUT2D eigenvalue weighted by atomic mass is 9.97. The molecule has 168 valence electrons. The number of nitrogens with one attached hydrogen (secondary N) is 1. The Morgan fingerprint density at radius 1 is 1.22 bits per heavy atom. The van der Waals surface area contributed by atoms with Crippen molar-refractivity contribution in [1.29, 1.82) is 0 Å². The van der Waals surface area contributed by atoms with E-state index in [0.29, 0.717) is 28.2 Å². The molecule has 3 aromatic rings. The van der Waals surface area contributed by atoms with Crippen LogP contribution in [0.25, 0.3) is 0 Å². The number of nitrogens with zero attached hydrogens (tertiary/aromatic N) is 3. The fraction of sp³-hybridized carbons (Fsp3) is 0.333. The van der Waals surface area contributed by atoms with Crippen molar-refractivity contribution in [2.24, 2.45) is 5.92 Å². The lowest BCUT2D eigenvalue weighted by molar-refractivity contribution is 0.0926. The van der Waals surface area contributed by atoms with Crippen LogP contribution in [0, 0.1) is 5.92 Å². The number of rotatable bonds is 7. The largest absolute Gasteiger partial charge is 0.350 e. The van der Waals surface area contributed by atoms with Crippen LogP contribution in [0.4, 0.5) is 10.8 Å². The summed E-state index contributed by atoms with van der Waals surface area (Å²) in [5.41, 5.74) is 2.54. The van der Waals surface area contributed by atoms with Crippen molar-refractivity contribution in [2.45, 2.75) is 19.4 Å². The zero-order valence-corrected chi connectivity index (χ0v) is 20.3. The first kappa shape index (κ1) is 23.1. The molecule has 32 heavy (non-hydrogen) atoms. The molecule has 0 aliphatic carbocycles. The number of thiazole rings is 1. The Hall–Kier alpha value is -2.12. The van der Waals surface area contributed by atoms with E-state index in [4.69, 9.17) is 23.2 Å². The van der Waals surface area contributed by atoms with E-state index in [1.807, 2.05) is 65.9 Å². The highest BCUT2D eigenvalue weighted by Crippen LogP contribution is 2.28. The van der Waals surface area contributed by atoms with Crippen LogP contribution in [0.2, 0.25) is 10.0 Å². The molecule has 8 heteroatoms. The Morgan fingerprint density at radius 2 is 2.03 bits per heavy atom. The highest BCUT2D eigenvalue weighted by atomic mass is 35.5. The molecule has 1 fully saturated rings. The summed E-state index contributed by atoms with van der Waals surface area (Å²) in [7, 11) is 1.96. The van der Waals surface area contributed by atoms with Gasteiger partial charge in [0.25, 0.3) is 5.91 Å². The number of piperidine rings is 1. The number of amides is 1. The summed E-state index contributed by atoms with van der Waals surface area (Å²) in [5, 5.41) is 6.91. The van der Waals surface area contributed by atoms with E-state index in [9.17, 15) is 4.79 Å². The maximum absolute atomic E-state index is 12.7. The van der Waals surface area contributed by atoms with E-state index in [2.05, 4.69) is 15.2 Å². The number of hydrogen-bond donors (Lipinski definition) is 1. The lowest BCUT2D eigenvalue weighted by Gasteiger charge is -2.33. The number of anilines is 2. The Balaban J connectivity index is 1.30. The van der Waals surface area contributed by atoms with Crippen LogP contribution < -0.4 is 10.2 Å². The second kappa shape index (κ2) is 10.7. The van der Waals surface area contributed by atoms with Gasteiger partial charge in [0.05, 0.1) is 10.0 Å². The van der Waals surface area contributed by atoms with Gasteiger partial charge in [-0.3, -0.25) is 9.69 Å². The maximum atomic E-state index is 12.7. The fourth-order valence-corrected chi connectivity index (χ4v) is 5.16. The molecule has 1 saturated heterocycles. The highest BCUT2D eigenvalue weighted by Gasteiger charge is 2.22. The monoisotopic (exact) mass is 488 g/mol. The lowest BCUT2D eigenvalue weighted by Crippen LogP contribution is -2.40. The molecule has 1 atom stereocenters. The van der Waals surface area contributed by atoms with Crippen molar-refractivity contribution >= 4 is 51.3 Å². The third-order valence-corrected chi connectivity index (χ3v) is 7.51. The zero-order chi connectivity index (χ0) is 22.5. The number of benzene rings is 2. The van der Waals surface area contributed by atoms with Gasteiger partial charge in [0.1, 0.15) is 5.69 Å². The van der Waals surface area contributed by atoms with Crippen molar-refractivity contribution in [3.05, 3.63) is 75.2 Å². The number of carbonyl (C=O) groups excluding carboxylic acids is 1. The minimum Gasteiger partial charge on any atom is -0.350 e. The molecule has 0 radical (unpaired) electrons. The van der Waals surface area contributed by atoms with Gasteiger partial charge >= 0.3 is 0 Å². The SMILES string of the molecule is CN(c1ccccc1)c1nc(C(=O)NC[C@@H]2CCCN(Cc3cccc(Cl)c3Cl)C2)cs1. The number of aromatic nitrogens is 1. The molecular weight excluding hydrogens is 463 g/mol. The van der Waals surface area contributed by atoms with Crippen LogP contribution in [0.1, 0.15) is 28.9 Å². The Kier molecular flexibility index (Phi) is 7.68. The van der Waals surface area contributed by atoms with E-state index < -0.39 is 0 Å². The number of hydrogen-bond acceptors (Lipinski definition) is 5. The second-order valence-electron chi connectivity index (χ2n) is 8.08. The van der Waals surface area contributed by atoms with Crippen molar-refractivity contribution in [1.82, 2.24) is 15.2 Å². The van der Waals surface area contributed by atoms with Crippen LogP contribution >= 0.6 is 34.5 Å². The smallest absolute Gasteiger partial charge is 0.270 e. The topological polar surface area (TPSA) is 48.5 Å². The Morgan fingerprint density at radius 3 is 2.84 bits per heavy atom. The summed E-state index contributed by atoms with van der Waals surface area (Å²) < 4.78 is 0. The van der Waals surface area contributed by atoms with E-state index in [1.54, 1.807) is 0 Å². The Bertz CT molecular complexity index is 1060. The molecule has 0 unspecified atom stereocenters. The summed E-state index contributed by atoms with van der Waals surface area (Å²) in [4.78, 5) is 21.6. The minimum atomic E-state index is -0.121. The van der Waals surface area contributed by atoms with Gasteiger partial charge < -0.3 is 10.2 Å². The first-order valence-electron chi connectivity index (χ1n) is 10.7. The van der Waals surface area contributed by atoms with Crippen LogP contribution in [-0.4, -0.2) is 42.5 Å². The second-order valence-corrected chi connectivity index (χ2v) is 9.70.